The van der Waals surface area contributed by atoms with Crippen molar-refractivity contribution < 1.29 is 9.53 Å². The van der Waals surface area contributed by atoms with Crippen LogP contribution in [0, 0.1) is 0 Å². The second-order valence-electron chi connectivity index (χ2n) is 8.12. The summed E-state index contributed by atoms with van der Waals surface area (Å²) in [6.07, 6.45) is 1.31. The van der Waals surface area contributed by atoms with E-state index in [0.717, 1.165) is 52.1 Å². The fourth-order valence-electron chi connectivity index (χ4n) is 4.26. The van der Waals surface area contributed by atoms with Gasteiger partial charge < -0.3 is 9.64 Å². The highest BCUT2D eigenvalue weighted by Crippen LogP contribution is 2.33. The zero-order chi connectivity index (χ0) is 21.9. The predicted molar refractivity (Wildman–Crippen MR) is 126 cm³/mol. The summed E-state index contributed by atoms with van der Waals surface area (Å²) in [6.45, 7) is 1.40. The minimum Gasteiger partial charge on any atom is -0.380 e. The Labute approximate surface area is 187 Å². The summed E-state index contributed by atoms with van der Waals surface area (Å²) in [5, 5.41) is 0. The Morgan fingerprint density at radius 2 is 1.66 bits per heavy atom. The Balaban J connectivity index is 1.51. The first kappa shape index (κ1) is 20.3. The van der Waals surface area contributed by atoms with Crippen LogP contribution in [0.1, 0.15) is 12.1 Å². The van der Waals surface area contributed by atoms with Crippen molar-refractivity contribution in [2.75, 3.05) is 20.2 Å². The second kappa shape index (κ2) is 8.89. The highest BCUT2D eigenvalue weighted by molar-refractivity contribution is 5.90. The molecule has 1 atom stereocenters. The summed E-state index contributed by atoms with van der Waals surface area (Å²) in [6, 6.07) is 26.4. The number of likely N-dealkylation sites (tertiary alicyclic amines) is 1. The Kier molecular flexibility index (Phi) is 5.65. The molecule has 0 radical (unpaired) electrons. The van der Waals surface area contributed by atoms with Gasteiger partial charge in [0, 0.05) is 31.3 Å². The highest BCUT2D eigenvalue weighted by Gasteiger charge is 2.26. The monoisotopic (exact) mass is 423 g/mol. The topological polar surface area (TPSA) is 55.3 Å². The van der Waals surface area contributed by atoms with Gasteiger partial charge in [0.1, 0.15) is 0 Å². The number of aromatic nitrogens is 2. The molecule has 3 heterocycles. The van der Waals surface area contributed by atoms with Crippen molar-refractivity contribution in [1.82, 2.24) is 14.9 Å². The number of pyridine rings is 2. The van der Waals surface area contributed by atoms with Gasteiger partial charge >= 0.3 is 0 Å². The molecule has 0 saturated carbocycles. The van der Waals surface area contributed by atoms with Crippen LogP contribution in [0.15, 0.2) is 78.9 Å². The molecule has 1 unspecified atom stereocenters. The van der Waals surface area contributed by atoms with Crippen molar-refractivity contribution in [2.24, 2.45) is 0 Å². The predicted octanol–water partition coefficient (Wildman–Crippen LogP) is 4.75. The number of fused-ring (bicyclic) bond motifs is 1. The Morgan fingerprint density at radius 3 is 2.34 bits per heavy atom. The molecule has 0 aliphatic carbocycles. The second-order valence-corrected chi connectivity index (χ2v) is 8.12. The molecule has 5 rings (SSSR count). The lowest BCUT2D eigenvalue weighted by molar-refractivity contribution is -0.129. The third-order valence-corrected chi connectivity index (χ3v) is 6.02. The molecular formula is C27H25N3O2. The minimum atomic E-state index is 0.0912. The zero-order valence-electron chi connectivity index (χ0n) is 18.1. The lowest BCUT2D eigenvalue weighted by Gasteiger charge is -2.16. The molecule has 1 aliphatic rings. The number of ether oxygens (including phenoxy) is 1. The van der Waals surface area contributed by atoms with Gasteiger partial charge in [0.15, 0.2) is 0 Å². The molecule has 0 bridgehead atoms. The molecule has 1 saturated heterocycles. The van der Waals surface area contributed by atoms with Crippen LogP contribution in [0.25, 0.3) is 33.4 Å². The summed E-state index contributed by atoms with van der Waals surface area (Å²) in [5.74, 6) is 0.0912. The van der Waals surface area contributed by atoms with Gasteiger partial charge in [0.25, 0.3) is 0 Å². The molecule has 0 spiro atoms. The third kappa shape index (κ3) is 4.12. The van der Waals surface area contributed by atoms with Crippen LogP contribution < -0.4 is 0 Å². The minimum absolute atomic E-state index is 0.0912. The van der Waals surface area contributed by atoms with Crippen molar-refractivity contribution in [2.45, 2.75) is 18.9 Å². The number of nitrogens with zero attached hydrogens (tertiary/aromatic N) is 3. The van der Waals surface area contributed by atoms with Gasteiger partial charge in [-0.1, -0.05) is 60.7 Å². The van der Waals surface area contributed by atoms with E-state index in [1.165, 1.54) is 0 Å². The van der Waals surface area contributed by atoms with Crippen LogP contribution in [0.5, 0.6) is 0 Å². The first-order chi connectivity index (χ1) is 15.7. The van der Waals surface area contributed by atoms with Gasteiger partial charge in [-0.25, -0.2) is 4.98 Å². The molecule has 2 aromatic carbocycles. The number of methoxy groups -OCH3 is 1. The van der Waals surface area contributed by atoms with Gasteiger partial charge in [-0.3, -0.25) is 9.78 Å². The van der Waals surface area contributed by atoms with E-state index in [1.807, 2.05) is 53.4 Å². The SMILES string of the molecule is COC1CCN(C(=O)Cc2ccc3nc(-c4ccccc4)c(-c4ccccc4)cc3n2)C1. The maximum atomic E-state index is 12.8. The van der Waals surface area contributed by atoms with Gasteiger partial charge in [0.2, 0.25) is 5.91 Å². The first-order valence-electron chi connectivity index (χ1n) is 10.9. The number of amides is 1. The van der Waals surface area contributed by atoms with Gasteiger partial charge in [-0.15, -0.1) is 0 Å². The van der Waals surface area contributed by atoms with E-state index in [9.17, 15) is 4.79 Å². The van der Waals surface area contributed by atoms with Gasteiger partial charge in [0.05, 0.1) is 34.9 Å². The van der Waals surface area contributed by atoms with Crippen molar-refractivity contribution in [3.63, 3.8) is 0 Å². The van der Waals surface area contributed by atoms with Crippen molar-refractivity contribution in [3.8, 4) is 22.4 Å². The molecule has 1 aliphatic heterocycles. The molecule has 5 nitrogen and oxygen atoms in total. The normalized spacial score (nSPS) is 15.9. The average molecular weight is 424 g/mol. The number of benzene rings is 2. The van der Waals surface area contributed by atoms with Gasteiger partial charge in [-0.2, -0.15) is 0 Å². The largest absolute Gasteiger partial charge is 0.380 e. The standard InChI is InChI=1S/C27H25N3O2/c1-32-22-14-15-30(18-22)26(31)16-21-12-13-24-25(28-21)17-23(19-8-4-2-5-9-19)27(29-24)20-10-6-3-7-11-20/h2-13,17,22H,14-16,18H2,1H3. The number of carbonyl (C=O) groups excluding carboxylic acids is 1. The van der Waals surface area contributed by atoms with E-state index in [0.29, 0.717) is 6.54 Å². The summed E-state index contributed by atoms with van der Waals surface area (Å²) in [5.41, 5.74) is 6.49. The van der Waals surface area contributed by atoms with E-state index < -0.39 is 0 Å². The Bertz CT molecular complexity index is 1240. The van der Waals surface area contributed by atoms with Crippen LogP contribution in [0.2, 0.25) is 0 Å². The van der Waals surface area contributed by atoms with Gasteiger partial charge in [-0.05, 0) is 30.2 Å². The molecule has 1 amide bonds. The summed E-state index contributed by atoms with van der Waals surface area (Å²) in [7, 11) is 1.70. The number of hydrogen-bond acceptors (Lipinski definition) is 4. The molecular weight excluding hydrogens is 398 g/mol. The van der Waals surface area contributed by atoms with E-state index in [-0.39, 0.29) is 18.4 Å². The molecule has 1 fully saturated rings. The molecule has 4 aromatic rings. The first-order valence-corrected chi connectivity index (χ1v) is 10.9. The zero-order valence-corrected chi connectivity index (χ0v) is 18.1. The van der Waals surface area contributed by atoms with Crippen LogP contribution in [-0.4, -0.2) is 47.1 Å². The quantitative estimate of drug-likeness (QED) is 0.465. The van der Waals surface area contributed by atoms with Crippen LogP contribution in [0.4, 0.5) is 0 Å². The number of rotatable bonds is 5. The summed E-state index contributed by atoms with van der Waals surface area (Å²) < 4.78 is 5.38. The Morgan fingerprint density at radius 1 is 0.938 bits per heavy atom. The summed E-state index contributed by atoms with van der Waals surface area (Å²) >= 11 is 0. The van der Waals surface area contributed by atoms with E-state index >= 15 is 0 Å². The van der Waals surface area contributed by atoms with Crippen LogP contribution >= 0.6 is 0 Å². The fourth-order valence-corrected chi connectivity index (χ4v) is 4.26. The van der Waals surface area contributed by atoms with Crippen molar-refractivity contribution >= 4 is 16.9 Å². The van der Waals surface area contributed by atoms with E-state index in [2.05, 4.69) is 30.3 Å². The average Bonchev–Trinajstić information content (AvgIpc) is 3.34. The molecule has 5 heteroatoms. The number of hydrogen-bond donors (Lipinski definition) is 0. The third-order valence-electron chi connectivity index (χ3n) is 6.02. The maximum Gasteiger partial charge on any atom is 0.228 e. The molecule has 160 valence electrons. The number of carbonyl (C=O) groups is 1. The highest BCUT2D eigenvalue weighted by atomic mass is 16.5. The molecule has 32 heavy (non-hydrogen) atoms. The van der Waals surface area contributed by atoms with Crippen molar-refractivity contribution in [3.05, 3.63) is 84.6 Å². The van der Waals surface area contributed by atoms with Crippen molar-refractivity contribution in [1.29, 1.82) is 0 Å². The Hall–Kier alpha value is -3.57. The molecule has 2 aromatic heterocycles. The smallest absolute Gasteiger partial charge is 0.228 e. The van der Waals surface area contributed by atoms with E-state index in [1.54, 1.807) is 7.11 Å². The fraction of sp³-hybridized carbons (Fsp3) is 0.222. The molecule has 0 N–H and O–H groups in total. The lowest BCUT2D eigenvalue weighted by atomic mass is 9.98. The van der Waals surface area contributed by atoms with Crippen LogP contribution in [-0.2, 0) is 16.0 Å². The lowest BCUT2D eigenvalue weighted by Crippen LogP contribution is -2.31. The summed E-state index contributed by atoms with van der Waals surface area (Å²) in [4.78, 5) is 24.4. The van der Waals surface area contributed by atoms with E-state index in [4.69, 9.17) is 14.7 Å². The van der Waals surface area contributed by atoms with Crippen LogP contribution in [0.3, 0.4) is 0 Å². The maximum absolute atomic E-state index is 12.8.